The summed E-state index contributed by atoms with van der Waals surface area (Å²) in [5.74, 6) is 0.669. The van der Waals surface area contributed by atoms with Crippen molar-refractivity contribution >= 4 is 39.1 Å². The van der Waals surface area contributed by atoms with Gasteiger partial charge in [0.2, 0.25) is 0 Å². The first-order valence-corrected chi connectivity index (χ1v) is 11.9. The molecule has 9 heteroatoms. The van der Waals surface area contributed by atoms with Crippen molar-refractivity contribution in [3.63, 3.8) is 0 Å². The molecule has 1 aliphatic heterocycles. The molecule has 0 spiro atoms. The third kappa shape index (κ3) is 6.45. The van der Waals surface area contributed by atoms with E-state index in [1.165, 1.54) is 12.1 Å². The predicted molar refractivity (Wildman–Crippen MR) is 122 cm³/mol. The highest BCUT2D eigenvalue weighted by molar-refractivity contribution is 7.90. The first kappa shape index (κ1) is 23.1. The number of halogens is 1. The molecule has 31 heavy (non-hydrogen) atoms. The van der Waals surface area contributed by atoms with Gasteiger partial charge in [-0.05, 0) is 62.2 Å². The van der Waals surface area contributed by atoms with E-state index >= 15 is 0 Å². The summed E-state index contributed by atoms with van der Waals surface area (Å²) in [5, 5.41) is 3.27. The maximum atomic E-state index is 12.8. The fourth-order valence-corrected chi connectivity index (χ4v) is 4.45. The van der Waals surface area contributed by atoms with Gasteiger partial charge in [0.25, 0.3) is 15.9 Å². The average Bonchev–Trinajstić information content (AvgIpc) is 2.93. The maximum absolute atomic E-state index is 12.8. The third-order valence-corrected chi connectivity index (χ3v) is 6.51. The number of anilines is 1. The molecule has 1 fully saturated rings. The molecule has 3 rings (SSSR count). The van der Waals surface area contributed by atoms with Gasteiger partial charge < -0.3 is 15.0 Å². The van der Waals surface area contributed by atoms with Crippen LogP contribution >= 0.6 is 11.6 Å². The molecule has 1 saturated heterocycles. The zero-order chi connectivity index (χ0) is 22.4. The Morgan fingerprint density at radius 2 is 1.90 bits per heavy atom. The molecule has 7 nitrogen and oxygen atoms in total. The second-order valence-electron chi connectivity index (χ2n) is 7.45. The number of ether oxygens (including phenoxy) is 1. The van der Waals surface area contributed by atoms with Crippen LogP contribution in [0.5, 0.6) is 5.75 Å². The van der Waals surface area contributed by atoms with Gasteiger partial charge in [0.1, 0.15) is 11.6 Å². The minimum absolute atomic E-state index is 0.0294. The lowest BCUT2D eigenvalue weighted by atomic mass is 10.2. The molecule has 1 unspecified atom stereocenters. The van der Waals surface area contributed by atoms with E-state index < -0.39 is 22.0 Å². The number of carbonyl (C=O) groups excluding carboxylic acids is 1. The largest absolute Gasteiger partial charge is 0.481 e. The van der Waals surface area contributed by atoms with E-state index in [1.807, 2.05) is 11.9 Å². The number of nitrogens with zero attached hydrogens (tertiary/aromatic N) is 2. The molecule has 1 aliphatic rings. The topological polar surface area (TPSA) is 88.1 Å². The molecular weight excluding hydrogens is 438 g/mol. The van der Waals surface area contributed by atoms with Crippen LogP contribution in [0.15, 0.2) is 57.8 Å². The molecule has 166 valence electrons. The van der Waals surface area contributed by atoms with Crippen molar-refractivity contribution in [2.24, 2.45) is 4.40 Å². The van der Waals surface area contributed by atoms with E-state index in [-0.39, 0.29) is 4.90 Å². The van der Waals surface area contributed by atoms with E-state index in [0.717, 1.165) is 25.8 Å². The average molecular weight is 464 g/mol. The van der Waals surface area contributed by atoms with Crippen molar-refractivity contribution < 1.29 is 17.9 Å². The summed E-state index contributed by atoms with van der Waals surface area (Å²) in [6, 6.07) is 12.8. The monoisotopic (exact) mass is 463 g/mol. The zero-order valence-electron chi connectivity index (χ0n) is 17.5. The van der Waals surface area contributed by atoms with Crippen molar-refractivity contribution in [2.45, 2.75) is 43.6 Å². The summed E-state index contributed by atoms with van der Waals surface area (Å²) in [6.45, 7) is 2.40. The van der Waals surface area contributed by atoms with Crippen molar-refractivity contribution in [1.82, 2.24) is 4.90 Å². The maximum Gasteiger partial charge on any atom is 0.284 e. The molecule has 2 aromatic rings. The third-order valence-electron chi connectivity index (χ3n) is 4.96. The highest BCUT2D eigenvalue weighted by Gasteiger charge is 2.20. The fraction of sp³-hybridized carbons (Fsp3) is 0.364. The normalized spacial score (nSPS) is 17.1. The number of hydrogen-bond donors (Lipinski definition) is 1. The van der Waals surface area contributed by atoms with Crippen LogP contribution in [0.3, 0.4) is 0 Å². The quantitative estimate of drug-likeness (QED) is 0.688. The number of hydrogen-bond acceptors (Lipinski definition) is 4. The van der Waals surface area contributed by atoms with Gasteiger partial charge in [-0.15, -0.1) is 4.40 Å². The first-order valence-electron chi connectivity index (χ1n) is 10.1. The molecule has 0 saturated carbocycles. The summed E-state index contributed by atoms with van der Waals surface area (Å²) in [4.78, 5) is 14.4. The van der Waals surface area contributed by atoms with Crippen LogP contribution in [-0.4, -0.2) is 44.8 Å². The van der Waals surface area contributed by atoms with Crippen molar-refractivity contribution in [3.05, 3.63) is 53.6 Å². The van der Waals surface area contributed by atoms with E-state index in [1.54, 1.807) is 43.3 Å². The minimum Gasteiger partial charge on any atom is -0.481 e. The predicted octanol–water partition coefficient (Wildman–Crippen LogP) is 4.34. The second kappa shape index (κ2) is 10.2. The van der Waals surface area contributed by atoms with Crippen molar-refractivity contribution in [2.75, 3.05) is 18.9 Å². The fourth-order valence-electron chi connectivity index (χ4n) is 3.18. The van der Waals surface area contributed by atoms with Gasteiger partial charge >= 0.3 is 0 Å². The Morgan fingerprint density at radius 3 is 2.65 bits per heavy atom. The number of sulfonamides is 1. The molecule has 0 bridgehead atoms. The molecule has 2 aromatic carbocycles. The van der Waals surface area contributed by atoms with Crippen LogP contribution in [-0.2, 0) is 14.8 Å². The first-order chi connectivity index (χ1) is 14.7. The number of nitrogens with one attached hydrogen (secondary N) is 1. The van der Waals surface area contributed by atoms with Crippen LogP contribution < -0.4 is 10.1 Å². The summed E-state index contributed by atoms with van der Waals surface area (Å²) in [7, 11) is -2.03. The smallest absolute Gasteiger partial charge is 0.284 e. The second-order valence-corrected chi connectivity index (χ2v) is 9.49. The van der Waals surface area contributed by atoms with Gasteiger partial charge in [0.05, 0.1) is 4.90 Å². The summed E-state index contributed by atoms with van der Waals surface area (Å²) in [6.07, 6.45) is 2.84. The number of rotatable bonds is 6. The van der Waals surface area contributed by atoms with Crippen molar-refractivity contribution in [1.29, 1.82) is 0 Å². The Bertz CT molecular complexity index is 1050. The molecular formula is C22H26ClN3O4S. The highest BCUT2D eigenvalue weighted by Crippen LogP contribution is 2.21. The van der Waals surface area contributed by atoms with Crippen LogP contribution in [0.4, 0.5) is 5.69 Å². The van der Waals surface area contributed by atoms with Gasteiger partial charge in [0.15, 0.2) is 6.10 Å². The molecule has 0 aliphatic carbocycles. The number of amidine groups is 1. The Balaban J connectivity index is 1.71. The lowest BCUT2D eigenvalue weighted by Gasteiger charge is -2.18. The molecule has 1 amide bonds. The Morgan fingerprint density at radius 1 is 1.16 bits per heavy atom. The van der Waals surface area contributed by atoms with E-state index in [9.17, 15) is 13.2 Å². The number of benzene rings is 2. The lowest BCUT2D eigenvalue weighted by Crippen LogP contribution is -2.30. The number of amides is 1. The van der Waals surface area contributed by atoms with Crippen LogP contribution in [0.2, 0.25) is 5.02 Å². The number of carbonyl (C=O) groups is 1. The van der Waals surface area contributed by atoms with E-state index in [4.69, 9.17) is 16.3 Å². The molecule has 1 heterocycles. The standard InChI is InChI=1S/C22H26ClN3O4S/c1-16(30-19-12-10-17(23)11-13-19)22(27)24-18-7-6-8-20(15-18)31(28,29)25-21-9-4-3-5-14-26(21)2/h6-8,10-13,15-16H,3-5,9,14H2,1-2H3,(H,24,27). The van der Waals surface area contributed by atoms with Gasteiger partial charge in [-0.25, -0.2) is 0 Å². The van der Waals surface area contributed by atoms with E-state index in [2.05, 4.69) is 9.71 Å². The molecule has 1 N–H and O–H groups in total. The molecule has 0 aromatic heterocycles. The lowest BCUT2D eigenvalue weighted by molar-refractivity contribution is -0.122. The van der Waals surface area contributed by atoms with Gasteiger partial charge in [0, 0.05) is 30.7 Å². The van der Waals surface area contributed by atoms with Crippen molar-refractivity contribution in [3.8, 4) is 5.75 Å². The Kier molecular flexibility index (Phi) is 7.56. The van der Waals surface area contributed by atoms with Crippen LogP contribution in [0.1, 0.15) is 32.6 Å². The Hall–Kier alpha value is -2.58. The van der Waals surface area contributed by atoms with Crippen LogP contribution in [0, 0.1) is 0 Å². The van der Waals surface area contributed by atoms with Gasteiger partial charge in [-0.3, -0.25) is 4.79 Å². The zero-order valence-corrected chi connectivity index (χ0v) is 19.1. The summed E-state index contributed by atoms with van der Waals surface area (Å²) < 4.78 is 35.3. The van der Waals surface area contributed by atoms with Crippen LogP contribution in [0.25, 0.3) is 0 Å². The van der Waals surface area contributed by atoms with Gasteiger partial charge in [-0.2, -0.15) is 8.42 Å². The minimum atomic E-state index is -3.89. The summed E-state index contributed by atoms with van der Waals surface area (Å²) >= 11 is 5.85. The highest BCUT2D eigenvalue weighted by atomic mass is 35.5. The summed E-state index contributed by atoms with van der Waals surface area (Å²) in [5.41, 5.74) is 0.354. The van der Waals surface area contributed by atoms with Gasteiger partial charge in [-0.1, -0.05) is 24.1 Å². The molecule has 1 atom stereocenters. The Labute approximate surface area is 188 Å². The SMILES string of the molecule is CC(Oc1ccc(Cl)cc1)C(=O)Nc1cccc(S(=O)(=O)N=C2CCCCCN2C)c1. The van der Waals surface area contributed by atoms with E-state index in [0.29, 0.717) is 28.7 Å². The molecule has 0 radical (unpaired) electrons. The number of likely N-dealkylation sites (tertiary alicyclic amines) is 1.